The SMILES string of the molecule is CCc1ccc(Oc2ccc(C(=O)O)c(Br)c2)cc1. The van der Waals surface area contributed by atoms with Crippen LogP contribution in [0.2, 0.25) is 0 Å². The molecule has 98 valence electrons. The number of hydrogen-bond acceptors (Lipinski definition) is 2. The maximum atomic E-state index is 10.9. The lowest BCUT2D eigenvalue weighted by atomic mass is 10.2. The van der Waals surface area contributed by atoms with Gasteiger partial charge in [-0.1, -0.05) is 19.1 Å². The molecule has 0 amide bonds. The van der Waals surface area contributed by atoms with Crippen LogP contribution in [0.5, 0.6) is 11.5 Å². The molecule has 2 rings (SSSR count). The number of carbonyl (C=O) groups is 1. The van der Waals surface area contributed by atoms with Crippen LogP contribution in [-0.2, 0) is 6.42 Å². The summed E-state index contributed by atoms with van der Waals surface area (Å²) < 4.78 is 6.17. The largest absolute Gasteiger partial charge is 0.478 e. The average molecular weight is 321 g/mol. The molecule has 0 aliphatic rings. The number of ether oxygens (including phenoxy) is 1. The molecule has 0 unspecified atom stereocenters. The third-order valence-corrected chi connectivity index (χ3v) is 3.39. The van der Waals surface area contributed by atoms with Gasteiger partial charge >= 0.3 is 5.97 Å². The number of aromatic carboxylic acids is 1. The molecule has 19 heavy (non-hydrogen) atoms. The van der Waals surface area contributed by atoms with E-state index in [9.17, 15) is 4.79 Å². The number of carboxylic acid groups (broad SMARTS) is 1. The van der Waals surface area contributed by atoms with Crippen LogP contribution in [-0.4, -0.2) is 11.1 Å². The van der Waals surface area contributed by atoms with Gasteiger partial charge in [-0.2, -0.15) is 0 Å². The molecule has 0 atom stereocenters. The van der Waals surface area contributed by atoms with E-state index in [1.165, 1.54) is 11.6 Å². The van der Waals surface area contributed by atoms with Crippen LogP contribution in [0.1, 0.15) is 22.8 Å². The van der Waals surface area contributed by atoms with Crippen molar-refractivity contribution in [3.8, 4) is 11.5 Å². The van der Waals surface area contributed by atoms with Crippen LogP contribution in [0.25, 0.3) is 0 Å². The summed E-state index contributed by atoms with van der Waals surface area (Å²) in [7, 11) is 0. The third-order valence-electron chi connectivity index (χ3n) is 2.74. The lowest BCUT2D eigenvalue weighted by molar-refractivity contribution is 0.0696. The van der Waals surface area contributed by atoms with Crippen molar-refractivity contribution in [2.75, 3.05) is 0 Å². The smallest absolute Gasteiger partial charge is 0.336 e. The van der Waals surface area contributed by atoms with Crippen molar-refractivity contribution in [2.24, 2.45) is 0 Å². The summed E-state index contributed by atoms with van der Waals surface area (Å²) in [6.07, 6.45) is 0.985. The molecule has 0 spiro atoms. The van der Waals surface area contributed by atoms with Crippen molar-refractivity contribution >= 4 is 21.9 Å². The highest BCUT2D eigenvalue weighted by Crippen LogP contribution is 2.27. The maximum absolute atomic E-state index is 10.9. The van der Waals surface area contributed by atoms with Crippen molar-refractivity contribution in [3.63, 3.8) is 0 Å². The molecule has 0 aromatic heterocycles. The zero-order chi connectivity index (χ0) is 13.8. The topological polar surface area (TPSA) is 46.5 Å². The Hall–Kier alpha value is -1.81. The van der Waals surface area contributed by atoms with E-state index in [0.717, 1.165) is 12.2 Å². The number of halogens is 1. The van der Waals surface area contributed by atoms with Crippen molar-refractivity contribution in [2.45, 2.75) is 13.3 Å². The molecule has 0 fully saturated rings. The molecule has 1 N–H and O–H groups in total. The van der Waals surface area contributed by atoms with Gasteiger partial charge < -0.3 is 9.84 Å². The highest BCUT2D eigenvalue weighted by atomic mass is 79.9. The number of rotatable bonds is 4. The minimum Gasteiger partial charge on any atom is -0.478 e. The molecule has 4 heteroatoms. The first kappa shape index (κ1) is 13.6. The maximum Gasteiger partial charge on any atom is 0.336 e. The summed E-state index contributed by atoms with van der Waals surface area (Å²) in [6, 6.07) is 12.6. The van der Waals surface area contributed by atoms with Crippen LogP contribution in [0.4, 0.5) is 0 Å². The Morgan fingerprint density at radius 2 is 1.79 bits per heavy atom. The molecule has 0 aliphatic carbocycles. The summed E-state index contributed by atoms with van der Waals surface area (Å²) in [5.74, 6) is 0.360. The Balaban J connectivity index is 2.18. The molecule has 0 radical (unpaired) electrons. The second-order valence-electron chi connectivity index (χ2n) is 4.05. The highest BCUT2D eigenvalue weighted by molar-refractivity contribution is 9.10. The fourth-order valence-corrected chi connectivity index (χ4v) is 2.19. The van der Waals surface area contributed by atoms with Crippen LogP contribution in [0.15, 0.2) is 46.9 Å². The third kappa shape index (κ3) is 3.35. The normalized spacial score (nSPS) is 10.2. The Kier molecular flexibility index (Phi) is 4.22. The van der Waals surface area contributed by atoms with E-state index in [2.05, 4.69) is 22.9 Å². The molecular formula is C15H13BrO3. The monoisotopic (exact) mass is 320 g/mol. The Morgan fingerprint density at radius 1 is 1.16 bits per heavy atom. The predicted molar refractivity (Wildman–Crippen MR) is 77.0 cm³/mol. The van der Waals surface area contributed by atoms with E-state index in [0.29, 0.717) is 10.2 Å². The van der Waals surface area contributed by atoms with Crippen molar-refractivity contribution in [1.29, 1.82) is 0 Å². The van der Waals surface area contributed by atoms with E-state index in [4.69, 9.17) is 9.84 Å². The van der Waals surface area contributed by atoms with E-state index >= 15 is 0 Å². The zero-order valence-corrected chi connectivity index (χ0v) is 12.0. The molecule has 2 aromatic carbocycles. The van der Waals surface area contributed by atoms with E-state index < -0.39 is 5.97 Å². The van der Waals surface area contributed by atoms with Gasteiger partial charge in [-0.3, -0.25) is 0 Å². The minimum atomic E-state index is -0.967. The van der Waals surface area contributed by atoms with Gasteiger partial charge in [0, 0.05) is 4.47 Å². The quantitative estimate of drug-likeness (QED) is 0.902. The summed E-state index contributed by atoms with van der Waals surface area (Å²) >= 11 is 3.22. The lowest BCUT2D eigenvalue weighted by Crippen LogP contribution is -1.97. The fraction of sp³-hybridized carbons (Fsp3) is 0.133. The van der Waals surface area contributed by atoms with Crippen LogP contribution in [0.3, 0.4) is 0 Å². The van der Waals surface area contributed by atoms with E-state index in [-0.39, 0.29) is 5.56 Å². The number of benzene rings is 2. The van der Waals surface area contributed by atoms with E-state index in [1.54, 1.807) is 12.1 Å². The van der Waals surface area contributed by atoms with Gasteiger partial charge in [0.25, 0.3) is 0 Å². The van der Waals surface area contributed by atoms with Gasteiger partial charge in [0.1, 0.15) is 11.5 Å². The molecule has 0 saturated heterocycles. The summed E-state index contributed by atoms with van der Waals surface area (Å²) in [4.78, 5) is 10.9. The van der Waals surface area contributed by atoms with Crippen LogP contribution in [0, 0.1) is 0 Å². The Morgan fingerprint density at radius 3 is 2.32 bits per heavy atom. The van der Waals surface area contributed by atoms with Gasteiger partial charge in [0.2, 0.25) is 0 Å². The first-order chi connectivity index (χ1) is 9.10. The van der Waals surface area contributed by atoms with E-state index in [1.807, 2.05) is 24.3 Å². The molecule has 3 nitrogen and oxygen atoms in total. The van der Waals surface area contributed by atoms with Gasteiger partial charge in [-0.05, 0) is 58.2 Å². The summed E-state index contributed by atoms with van der Waals surface area (Å²) in [5.41, 5.74) is 1.46. The predicted octanol–water partition coefficient (Wildman–Crippen LogP) is 4.50. The minimum absolute atomic E-state index is 0.216. The van der Waals surface area contributed by atoms with Gasteiger partial charge in [-0.15, -0.1) is 0 Å². The van der Waals surface area contributed by atoms with Crippen LogP contribution < -0.4 is 4.74 Å². The molecule has 0 heterocycles. The first-order valence-corrected chi connectivity index (χ1v) is 6.69. The fourth-order valence-electron chi connectivity index (χ4n) is 1.66. The standard InChI is InChI=1S/C15H13BrO3/c1-2-10-3-5-11(6-4-10)19-12-7-8-13(15(17)18)14(16)9-12/h3-9H,2H2,1H3,(H,17,18). The van der Waals surface area contributed by atoms with Gasteiger partial charge in [0.15, 0.2) is 0 Å². The number of hydrogen-bond donors (Lipinski definition) is 1. The van der Waals surface area contributed by atoms with Crippen molar-refractivity contribution in [3.05, 3.63) is 58.1 Å². The second-order valence-corrected chi connectivity index (χ2v) is 4.90. The second kappa shape index (κ2) is 5.89. The molecular weight excluding hydrogens is 308 g/mol. The Bertz CT molecular complexity index is 591. The van der Waals surface area contributed by atoms with Gasteiger partial charge in [-0.25, -0.2) is 4.79 Å². The van der Waals surface area contributed by atoms with Crippen molar-refractivity contribution < 1.29 is 14.6 Å². The van der Waals surface area contributed by atoms with Gasteiger partial charge in [0.05, 0.1) is 5.56 Å². The van der Waals surface area contributed by atoms with Crippen molar-refractivity contribution in [1.82, 2.24) is 0 Å². The van der Waals surface area contributed by atoms with Crippen LogP contribution >= 0.6 is 15.9 Å². The molecule has 0 bridgehead atoms. The molecule has 2 aromatic rings. The number of carboxylic acids is 1. The molecule has 0 saturated carbocycles. The number of aryl methyl sites for hydroxylation is 1. The average Bonchev–Trinajstić information content (AvgIpc) is 2.39. The zero-order valence-electron chi connectivity index (χ0n) is 10.4. The summed E-state index contributed by atoms with van der Waals surface area (Å²) in [6.45, 7) is 2.09. The first-order valence-electron chi connectivity index (χ1n) is 5.90. The summed E-state index contributed by atoms with van der Waals surface area (Å²) in [5, 5.41) is 8.93. The lowest BCUT2D eigenvalue weighted by Gasteiger charge is -2.08. The molecule has 0 aliphatic heterocycles. The Labute approximate surface area is 120 Å². The highest BCUT2D eigenvalue weighted by Gasteiger charge is 2.09.